The van der Waals surface area contributed by atoms with E-state index >= 15 is 0 Å². The first kappa shape index (κ1) is 19.9. The molecule has 6 heteroatoms. The maximum Gasteiger partial charge on any atom is 0.331 e. The van der Waals surface area contributed by atoms with E-state index in [1.54, 1.807) is 12.3 Å². The maximum absolute atomic E-state index is 12.4. The molecule has 2 aromatic rings. The van der Waals surface area contributed by atoms with Crippen molar-refractivity contribution in [3.05, 3.63) is 59.9 Å². The molecule has 2 heterocycles. The summed E-state index contributed by atoms with van der Waals surface area (Å²) >= 11 is 0. The van der Waals surface area contributed by atoms with Crippen LogP contribution in [0.3, 0.4) is 0 Å². The smallest absolute Gasteiger partial charge is 0.331 e. The molecule has 0 N–H and O–H groups in total. The molecular weight excluding hydrogens is 354 g/mol. The summed E-state index contributed by atoms with van der Waals surface area (Å²) in [5, 5.41) is 4.29. The monoisotopic (exact) mass is 381 g/mol. The van der Waals surface area contributed by atoms with E-state index in [9.17, 15) is 9.59 Å². The number of hydrogen-bond donors (Lipinski definition) is 0. The SMILES string of the molecule is C[C@@H]1CCC[C@@H](C)N1C(=O)COC(=O)/C=C/c1cnn(Cc2ccccc2)c1. The highest BCUT2D eigenvalue weighted by Gasteiger charge is 2.29. The first-order valence-electron chi connectivity index (χ1n) is 9.75. The first-order valence-corrected chi connectivity index (χ1v) is 9.75. The van der Waals surface area contributed by atoms with Crippen LogP contribution in [0.15, 0.2) is 48.8 Å². The average Bonchev–Trinajstić information content (AvgIpc) is 3.12. The second-order valence-electron chi connectivity index (χ2n) is 7.33. The molecule has 2 atom stereocenters. The van der Waals surface area contributed by atoms with Gasteiger partial charge in [-0.05, 0) is 44.7 Å². The van der Waals surface area contributed by atoms with Crippen LogP contribution in [0.4, 0.5) is 0 Å². The van der Waals surface area contributed by atoms with E-state index < -0.39 is 5.97 Å². The molecule has 0 unspecified atom stereocenters. The molecule has 3 rings (SSSR count). The zero-order valence-corrected chi connectivity index (χ0v) is 16.5. The molecule has 1 saturated heterocycles. The fourth-order valence-electron chi connectivity index (χ4n) is 3.66. The van der Waals surface area contributed by atoms with Crippen molar-refractivity contribution in [1.82, 2.24) is 14.7 Å². The van der Waals surface area contributed by atoms with Gasteiger partial charge in [-0.1, -0.05) is 30.3 Å². The Hall–Kier alpha value is -2.89. The number of piperidine rings is 1. The molecule has 0 bridgehead atoms. The van der Waals surface area contributed by atoms with Gasteiger partial charge in [0.1, 0.15) is 0 Å². The summed E-state index contributed by atoms with van der Waals surface area (Å²) in [5.74, 6) is -0.654. The van der Waals surface area contributed by atoms with Crippen molar-refractivity contribution in [2.24, 2.45) is 0 Å². The fourth-order valence-corrected chi connectivity index (χ4v) is 3.66. The third-order valence-electron chi connectivity index (χ3n) is 5.07. The third-order valence-corrected chi connectivity index (χ3v) is 5.07. The highest BCUT2D eigenvalue weighted by molar-refractivity contribution is 5.89. The lowest BCUT2D eigenvalue weighted by Gasteiger charge is -2.38. The van der Waals surface area contributed by atoms with Gasteiger partial charge in [-0.3, -0.25) is 9.48 Å². The number of benzene rings is 1. The van der Waals surface area contributed by atoms with Crippen LogP contribution in [-0.4, -0.2) is 45.2 Å². The van der Waals surface area contributed by atoms with Crippen molar-refractivity contribution >= 4 is 18.0 Å². The summed E-state index contributed by atoms with van der Waals surface area (Å²) < 4.78 is 6.94. The normalized spacial score (nSPS) is 19.7. The topological polar surface area (TPSA) is 64.4 Å². The van der Waals surface area contributed by atoms with Gasteiger partial charge in [-0.25, -0.2) is 4.79 Å². The van der Waals surface area contributed by atoms with Crippen LogP contribution in [-0.2, 0) is 20.9 Å². The average molecular weight is 381 g/mol. The molecule has 1 aliphatic heterocycles. The number of likely N-dealkylation sites (tertiary alicyclic amines) is 1. The van der Waals surface area contributed by atoms with Crippen LogP contribution in [0, 0.1) is 0 Å². The van der Waals surface area contributed by atoms with E-state index in [2.05, 4.69) is 5.10 Å². The van der Waals surface area contributed by atoms with Crippen LogP contribution in [0.2, 0.25) is 0 Å². The molecule has 148 valence electrons. The molecule has 1 aromatic heterocycles. The molecule has 0 saturated carbocycles. The Kier molecular flexibility index (Phi) is 6.63. The lowest BCUT2D eigenvalue weighted by Crippen LogP contribution is -2.49. The van der Waals surface area contributed by atoms with E-state index in [4.69, 9.17) is 4.74 Å². The van der Waals surface area contributed by atoms with Gasteiger partial charge in [-0.2, -0.15) is 5.10 Å². The number of carbonyl (C=O) groups is 2. The summed E-state index contributed by atoms with van der Waals surface area (Å²) in [7, 11) is 0. The Bertz CT molecular complexity index is 819. The van der Waals surface area contributed by atoms with E-state index in [0.29, 0.717) is 6.54 Å². The van der Waals surface area contributed by atoms with Crippen LogP contribution in [0.5, 0.6) is 0 Å². The fraction of sp³-hybridized carbons (Fsp3) is 0.409. The number of amides is 1. The van der Waals surface area contributed by atoms with Gasteiger partial charge >= 0.3 is 5.97 Å². The minimum absolute atomic E-state index is 0.128. The van der Waals surface area contributed by atoms with Gasteiger partial charge in [0.05, 0.1) is 12.7 Å². The van der Waals surface area contributed by atoms with Gasteiger partial charge in [-0.15, -0.1) is 0 Å². The Labute approximate surface area is 165 Å². The van der Waals surface area contributed by atoms with Crippen LogP contribution >= 0.6 is 0 Å². The molecular formula is C22H27N3O3. The minimum Gasteiger partial charge on any atom is -0.452 e. The predicted molar refractivity (Wildman–Crippen MR) is 107 cm³/mol. The number of hydrogen-bond acceptors (Lipinski definition) is 4. The minimum atomic E-state index is -0.526. The zero-order valence-electron chi connectivity index (χ0n) is 16.5. The van der Waals surface area contributed by atoms with Gasteiger partial charge in [0.2, 0.25) is 0 Å². The van der Waals surface area contributed by atoms with Crippen molar-refractivity contribution in [2.45, 2.75) is 51.7 Å². The molecule has 1 aliphatic rings. The van der Waals surface area contributed by atoms with Gasteiger partial charge in [0.25, 0.3) is 5.91 Å². The van der Waals surface area contributed by atoms with Gasteiger partial charge in [0, 0.05) is 29.9 Å². The Morgan fingerprint density at radius 3 is 2.61 bits per heavy atom. The van der Waals surface area contributed by atoms with E-state index in [0.717, 1.165) is 30.4 Å². The second-order valence-corrected chi connectivity index (χ2v) is 7.33. The van der Waals surface area contributed by atoms with Crippen LogP contribution in [0.25, 0.3) is 6.08 Å². The van der Waals surface area contributed by atoms with Crippen molar-refractivity contribution in [3.8, 4) is 0 Å². The number of rotatable bonds is 6. The van der Waals surface area contributed by atoms with Crippen molar-refractivity contribution in [2.75, 3.05) is 6.61 Å². The molecule has 28 heavy (non-hydrogen) atoms. The molecule has 1 amide bonds. The van der Waals surface area contributed by atoms with Crippen LogP contribution < -0.4 is 0 Å². The molecule has 1 fully saturated rings. The van der Waals surface area contributed by atoms with Crippen molar-refractivity contribution in [1.29, 1.82) is 0 Å². The number of carbonyl (C=O) groups excluding carboxylic acids is 2. The standard InChI is InChI=1S/C22H27N3O3/c1-17-7-6-8-18(2)25(17)21(26)16-28-22(27)12-11-20-13-23-24(15-20)14-19-9-4-3-5-10-19/h3-5,9-13,15,17-18H,6-8,14,16H2,1-2H3/b12-11+/t17-,18-/m1/s1. The quantitative estimate of drug-likeness (QED) is 0.569. The van der Waals surface area contributed by atoms with Crippen molar-refractivity contribution in [3.63, 3.8) is 0 Å². The van der Waals surface area contributed by atoms with Crippen molar-refractivity contribution < 1.29 is 14.3 Å². The maximum atomic E-state index is 12.4. The second kappa shape index (κ2) is 9.35. The molecule has 6 nitrogen and oxygen atoms in total. The largest absolute Gasteiger partial charge is 0.452 e. The number of nitrogens with zero attached hydrogens (tertiary/aromatic N) is 3. The van der Waals surface area contributed by atoms with Gasteiger partial charge < -0.3 is 9.64 Å². The molecule has 0 aliphatic carbocycles. The summed E-state index contributed by atoms with van der Waals surface area (Å²) in [6, 6.07) is 10.4. The Morgan fingerprint density at radius 2 is 1.89 bits per heavy atom. The first-order chi connectivity index (χ1) is 13.5. The van der Waals surface area contributed by atoms with Gasteiger partial charge in [0.15, 0.2) is 6.61 Å². The third kappa shape index (κ3) is 5.31. The lowest BCUT2D eigenvalue weighted by atomic mass is 9.97. The Balaban J connectivity index is 1.48. The number of ether oxygens (including phenoxy) is 1. The molecule has 0 spiro atoms. The highest BCUT2D eigenvalue weighted by atomic mass is 16.5. The molecule has 1 aromatic carbocycles. The number of aromatic nitrogens is 2. The van der Waals surface area contributed by atoms with E-state index in [1.165, 1.54) is 6.08 Å². The highest BCUT2D eigenvalue weighted by Crippen LogP contribution is 2.22. The van der Waals surface area contributed by atoms with Crippen LogP contribution in [0.1, 0.15) is 44.2 Å². The summed E-state index contributed by atoms with van der Waals surface area (Å²) in [6.07, 6.45) is 9.65. The van der Waals surface area contributed by atoms with E-state index in [1.807, 2.05) is 60.0 Å². The Morgan fingerprint density at radius 1 is 1.18 bits per heavy atom. The lowest BCUT2D eigenvalue weighted by molar-refractivity contribution is -0.151. The zero-order chi connectivity index (χ0) is 19.9. The summed E-state index contributed by atoms with van der Waals surface area (Å²) in [5.41, 5.74) is 1.96. The van der Waals surface area contributed by atoms with E-state index in [-0.39, 0.29) is 24.6 Å². The molecule has 0 radical (unpaired) electrons. The summed E-state index contributed by atoms with van der Waals surface area (Å²) in [4.78, 5) is 26.2. The predicted octanol–water partition coefficient (Wildman–Crippen LogP) is 3.28. The summed E-state index contributed by atoms with van der Waals surface area (Å²) in [6.45, 7) is 4.54. The number of esters is 1.